The van der Waals surface area contributed by atoms with Crippen LogP contribution in [0, 0.1) is 6.92 Å². The Kier molecular flexibility index (Phi) is 7.51. The number of fused-ring (bicyclic) bond motifs is 1. The molecule has 0 bridgehead atoms. The molecule has 3 rings (SSSR count). The lowest BCUT2D eigenvalue weighted by atomic mass is 10.1. The predicted octanol–water partition coefficient (Wildman–Crippen LogP) is 5.30. The number of rotatable bonds is 10. The number of benzene rings is 1. The van der Waals surface area contributed by atoms with Gasteiger partial charge in [-0.15, -0.1) is 11.3 Å². The Morgan fingerprint density at radius 1 is 1.21 bits per heavy atom. The lowest BCUT2D eigenvalue weighted by Gasteiger charge is -2.20. The van der Waals surface area contributed by atoms with Gasteiger partial charge in [-0.1, -0.05) is 38.1 Å². The molecule has 1 unspecified atom stereocenters. The molecule has 2 heterocycles. The second-order valence-electron chi connectivity index (χ2n) is 7.77. The summed E-state index contributed by atoms with van der Waals surface area (Å²) in [7, 11) is 0. The average Bonchev–Trinajstić information content (AvgIpc) is 3.29. The summed E-state index contributed by atoms with van der Waals surface area (Å²) in [5.41, 5.74) is 3.26. The molecule has 156 valence electrons. The number of aromatic nitrogens is 1. The summed E-state index contributed by atoms with van der Waals surface area (Å²) in [6, 6.07) is 12.7. The fourth-order valence-corrected chi connectivity index (χ4v) is 4.71. The molecule has 1 amide bonds. The van der Waals surface area contributed by atoms with E-state index in [-0.39, 0.29) is 11.9 Å². The quantitative estimate of drug-likeness (QED) is 0.491. The Bertz CT molecular complexity index is 939. The van der Waals surface area contributed by atoms with Crippen molar-refractivity contribution in [1.82, 2.24) is 14.8 Å². The van der Waals surface area contributed by atoms with Gasteiger partial charge in [0.05, 0.1) is 0 Å². The van der Waals surface area contributed by atoms with Gasteiger partial charge in [0.2, 0.25) is 0 Å². The Hall–Kier alpha value is -2.11. The standard InChI is InChI=1S/C24H33N3OS/c1-5-26(6-2)14-9-11-19(4)25-23(28)22-16-20-13-15-29-24(20)27(22)17-21-12-8-7-10-18(21)3/h7-8,10,12-13,15-16,19H,5-6,9,11,14,17H2,1-4H3,(H,25,28). The summed E-state index contributed by atoms with van der Waals surface area (Å²) in [6.07, 6.45) is 2.09. The maximum Gasteiger partial charge on any atom is 0.268 e. The molecule has 0 aliphatic heterocycles. The minimum Gasteiger partial charge on any atom is -0.348 e. The first-order valence-electron chi connectivity index (χ1n) is 10.7. The van der Waals surface area contributed by atoms with Crippen LogP contribution in [0.2, 0.25) is 0 Å². The van der Waals surface area contributed by atoms with E-state index in [0.29, 0.717) is 0 Å². The molecule has 0 saturated heterocycles. The predicted molar refractivity (Wildman–Crippen MR) is 124 cm³/mol. The highest BCUT2D eigenvalue weighted by Gasteiger charge is 2.18. The van der Waals surface area contributed by atoms with Crippen molar-refractivity contribution >= 4 is 27.5 Å². The monoisotopic (exact) mass is 411 g/mol. The van der Waals surface area contributed by atoms with Crippen LogP contribution in [0.25, 0.3) is 10.2 Å². The van der Waals surface area contributed by atoms with Gasteiger partial charge in [-0.25, -0.2) is 0 Å². The Morgan fingerprint density at radius 2 is 1.97 bits per heavy atom. The molecule has 29 heavy (non-hydrogen) atoms. The number of hydrogen-bond acceptors (Lipinski definition) is 3. The third-order valence-corrected chi connectivity index (χ3v) is 6.66. The van der Waals surface area contributed by atoms with Gasteiger partial charge in [-0.3, -0.25) is 4.79 Å². The number of amides is 1. The van der Waals surface area contributed by atoms with Gasteiger partial charge in [-0.2, -0.15) is 0 Å². The van der Waals surface area contributed by atoms with Crippen molar-refractivity contribution < 1.29 is 4.79 Å². The minimum atomic E-state index is 0.0253. The topological polar surface area (TPSA) is 37.3 Å². The van der Waals surface area contributed by atoms with E-state index in [1.807, 2.05) is 6.07 Å². The third kappa shape index (κ3) is 5.28. The highest BCUT2D eigenvalue weighted by atomic mass is 32.1. The van der Waals surface area contributed by atoms with E-state index in [9.17, 15) is 4.79 Å². The maximum absolute atomic E-state index is 13.1. The van der Waals surface area contributed by atoms with Crippen molar-refractivity contribution in [1.29, 1.82) is 0 Å². The van der Waals surface area contributed by atoms with Crippen LogP contribution in [-0.4, -0.2) is 41.1 Å². The van der Waals surface area contributed by atoms with Gasteiger partial charge in [0.25, 0.3) is 5.91 Å². The maximum atomic E-state index is 13.1. The minimum absolute atomic E-state index is 0.0253. The molecule has 0 saturated carbocycles. The number of thiophene rings is 1. The highest BCUT2D eigenvalue weighted by molar-refractivity contribution is 7.16. The average molecular weight is 412 g/mol. The number of aryl methyl sites for hydroxylation is 1. The number of carbonyl (C=O) groups excluding carboxylic acids is 1. The second-order valence-corrected chi connectivity index (χ2v) is 8.66. The first-order chi connectivity index (χ1) is 14.0. The number of carbonyl (C=O) groups is 1. The van der Waals surface area contributed by atoms with Crippen molar-refractivity contribution in [3.63, 3.8) is 0 Å². The summed E-state index contributed by atoms with van der Waals surface area (Å²) in [5.74, 6) is 0.0253. The molecule has 4 nitrogen and oxygen atoms in total. The summed E-state index contributed by atoms with van der Waals surface area (Å²) in [5, 5.41) is 6.46. The van der Waals surface area contributed by atoms with Crippen LogP contribution in [0.4, 0.5) is 0 Å². The van der Waals surface area contributed by atoms with Crippen molar-refractivity contribution in [3.8, 4) is 0 Å². The van der Waals surface area contributed by atoms with Crippen molar-refractivity contribution in [2.75, 3.05) is 19.6 Å². The molecule has 0 fully saturated rings. The van der Waals surface area contributed by atoms with Gasteiger partial charge in [-0.05, 0) is 75.0 Å². The van der Waals surface area contributed by atoms with Gasteiger partial charge in [0.1, 0.15) is 10.5 Å². The number of nitrogens with one attached hydrogen (secondary N) is 1. The molecule has 1 aromatic carbocycles. The molecule has 0 spiro atoms. The number of hydrogen-bond donors (Lipinski definition) is 1. The second kappa shape index (κ2) is 10.1. The highest BCUT2D eigenvalue weighted by Crippen LogP contribution is 2.27. The molecule has 1 N–H and O–H groups in total. The summed E-state index contributed by atoms with van der Waals surface area (Å²) < 4.78 is 2.17. The molecule has 0 radical (unpaired) electrons. The molecule has 1 atom stereocenters. The zero-order chi connectivity index (χ0) is 20.8. The summed E-state index contributed by atoms with van der Waals surface area (Å²) >= 11 is 1.70. The normalized spacial score (nSPS) is 12.6. The van der Waals surface area contributed by atoms with E-state index >= 15 is 0 Å². The van der Waals surface area contributed by atoms with Crippen LogP contribution in [0.15, 0.2) is 41.8 Å². The molecular weight excluding hydrogens is 378 g/mol. The van der Waals surface area contributed by atoms with Crippen LogP contribution in [0.1, 0.15) is 55.2 Å². The van der Waals surface area contributed by atoms with Crippen LogP contribution < -0.4 is 5.32 Å². The molecule has 0 aliphatic carbocycles. The Labute approximate surface area is 178 Å². The van der Waals surface area contributed by atoms with Gasteiger partial charge in [0.15, 0.2) is 0 Å². The Balaban J connectivity index is 1.71. The zero-order valence-electron chi connectivity index (χ0n) is 18.1. The van der Waals surface area contributed by atoms with Crippen LogP contribution in [-0.2, 0) is 6.54 Å². The first-order valence-corrected chi connectivity index (χ1v) is 11.6. The molecular formula is C24H33N3OS. The van der Waals surface area contributed by atoms with Gasteiger partial charge >= 0.3 is 0 Å². The van der Waals surface area contributed by atoms with E-state index < -0.39 is 0 Å². The van der Waals surface area contributed by atoms with E-state index in [1.165, 1.54) is 11.1 Å². The number of nitrogens with zero attached hydrogens (tertiary/aromatic N) is 2. The van der Waals surface area contributed by atoms with Crippen LogP contribution >= 0.6 is 11.3 Å². The SMILES string of the molecule is CCN(CC)CCCC(C)NC(=O)c1cc2ccsc2n1Cc1ccccc1C. The van der Waals surface area contributed by atoms with Gasteiger partial charge in [0, 0.05) is 18.0 Å². The fraction of sp³-hybridized carbons (Fsp3) is 0.458. The molecule has 3 aromatic rings. The van der Waals surface area contributed by atoms with E-state index in [0.717, 1.165) is 54.9 Å². The zero-order valence-corrected chi connectivity index (χ0v) is 18.9. The first kappa shape index (κ1) is 21.6. The smallest absolute Gasteiger partial charge is 0.268 e. The van der Waals surface area contributed by atoms with E-state index in [1.54, 1.807) is 11.3 Å². The van der Waals surface area contributed by atoms with E-state index in [4.69, 9.17) is 0 Å². The third-order valence-electron chi connectivity index (χ3n) is 5.71. The fourth-order valence-electron chi connectivity index (χ4n) is 3.81. The largest absolute Gasteiger partial charge is 0.348 e. The molecule has 2 aromatic heterocycles. The Morgan fingerprint density at radius 3 is 2.69 bits per heavy atom. The molecule has 0 aliphatic rings. The summed E-state index contributed by atoms with van der Waals surface area (Å²) in [6.45, 7) is 12.6. The van der Waals surface area contributed by atoms with Gasteiger partial charge < -0.3 is 14.8 Å². The lowest BCUT2D eigenvalue weighted by molar-refractivity contribution is 0.0929. The van der Waals surface area contributed by atoms with Crippen molar-refractivity contribution in [3.05, 3.63) is 58.6 Å². The van der Waals surface area contributed by atoms with Crippen molar-refractivity contribution in [2.45, 2.75) is 53.1 Å². The van der Waals surface area contributed by atoms with Crippen LogP contribution in [0.5, 0.6) is 0 Å². The lowest BCUT2D eigenvalue weighted by Crippen LogP contribution is -2.34. The van der Waals surface area contributed by atoms with Crippen LogP contribution in [0.3, 0.4) is 0 Å². The van der Waals surface area contributed by atoms with E-state index in [2.05, 4.69) is 78.2 Å². The molecule has 5 heteroatoms. The van der Waals surface area contributed by atoms with Crippen molar-refractivity contribution in [2.24, 2.45) is 0 Å². The summed E-state index contributed by atoms with van der Waals surface area (Å²) in [4.78, 5) is 16.7.